The molecule has 10 heteroatoms. The van der Waals surface area contributed by atoms with Gasteiger partial charge in [0.05, 0.1) is 22.7 Å². The molecule has 4 rings (SSSR count). The van der Waals surface area contributed by atoms with Crippen LogP contribution in [-0.4, -0.2) is 78.3 Å². The number of sulfonamides is 1. The number of nitrogens with zero attached hydrogens (tertiary/aromatic N) is 4. The van der Waals surface area contributed by atoms with Gasteiger partial charge in [0.15, 0.2) is 0 Å². The number of piperazine rings is 1. The molecule has 1 fully saturated rings. The van der Waals surface area contributed by atoms with Gasteiger partial charge in [0.25, 0.3) is 5.91 Å². The molecule has 2 aliphatic heterocycles. The summed E-state index contributed by atoms with van der Waals surface area (Å²) >= 11 is 1.38. The van der Waals surface area contributed by atoms with E-state index in [0.29, 0.717) is 30.2 Å². The lowest BCUT2D eigenvalue weighted by Gasteiger charge is -2.38. The molecular formula is C19H22N4O4S2. The lowest BCUT2D eigenvalue weighted by atomic mass is 9.93. The second kappa shape index (κ2) is 7.85. The van der Waals surface area contributed by atoms with Crippen molar-refractivity contribution < 1.29 is 18.0 Å². The molecule has 0 aromatic carbocycles. The predicted molar refractivity (Wildman–Crippen MR) is 109 cm³/mol. The summed E-state index contributed by atoms with van der Waals surface area (Å²) in [5, 5.41) is 1.86. The predicted octanol–water partition coefficient (Wildman–Crippen LogP) is 0.986. The maximum atomic E-state index is 13.3. The Morgan fingerprint density at radius 3 is 2.52 bits per heavy atom. The van der Waals surface area contributed by atoms with Crippen molar-refractivity contribution in [2.24, 2.45) is 0 Å². The quantitative estimate of drug-likeness (QED) is 0.719. The normalized spacial score (nSPS) is 20.4. The Kier molecular flexibility index (Phi) is 5.41. The molecule has 0 saturated carbocycles. The van der Waals surface area contributed by atoms with Crippen LogP contribution in [0.3, 0.4) is 0 Å². The van der Waals surface area contributed by atoms with Crippen LogP contribution in [0, 0.1) is 0 Å². The Bertz CT molecular complexity index is 1010. The van der Waals surface area contributed by atoms with Gasteiger partial charge in [-0.2, -0.15) is 4.31 Å². The van der Waals surface area contributed by atoms with E-state index in [-0.39, 0.29) is 31.4 Å². The van der Waals surface area contributed by atoms with E-state index < -0.39 is 15.9 Å². The van der Waals surface area contributed by atoms with Crippen LogP contribution in [-0.2, 0) is 21.4 Å². The van der Waals surface area contributed by atoms with E-state index in [1.165, 1.54) is 21.9 Å². The highest BCUT2D eigenvalue weighted by molar-refractivity contribution is 7.88. The van der Waals surface area contributed by atoms with Gasteiger partial charge in [-0.1, -0.05) is 12.1 Å². The number of amides is 2. The molecule has 2 aliphatic rings. The van der Waals surface area contributed by atoms with Crippen molar-refractivity contribution in [3.05, 3.63) is 52.0 Å². The summed E-state index contributed by atoms with van der Waals surface area (Å²) in [7, 11) is -3.26. The smallest absolute Gasteiger partial charge is 0.264 e. The molecule has 29 heavy (non-hydrogen) atoms. The third-order valence-electron chi connectivity index (χ3n) is 5.36. The fraction of sp³-hybridized carbons (Fsp3) is 0.421. The molecule has 1 saturated heterocycles. The fourth-order valence-corrected chi connectivity index (χ4v) is 5.36. The van der Waals surface area contributed by atoms with Crippen molar-refractivity contribution in [1.29, 1.82) is 0 Å². The first-order valence-corrected chi connectivity index (χ1v) is 12.1. The van der Waals surface area contributed by atoms with Gasteiger partial charge >= 0.3 is 0 Å². The lowest BCUT2D eigenvalue weighted by molar-refractivity contribution is -0.134. The van der Waals surface area contributed by atoms with Crippen LogP contribution < -0.4 is 0 Å². The standard InChI is InChI=1S/C19H22N4O4S2/c1-29(26,27)23-9-7-21(8-10-23)18(24)15-13-22(19(25)16-5-3-11-28-16)12-14-4-2-6-20-17(14)15/h2-6,11,15H,7-10,12-13H2,1H3. The molecule has 2 amide bonds. The third kappa shape index (κ3) is 4.05. The molecule has 1 atom stereocenters. The van der Waals surface area contributed by atoms with Crippen molar-refractivity contribution >= 4 is 33.2 Å². The van der Waals surface area contributed by atoms with Gasteiger partial charge in [0.1, 0.15) is 0 Å². The average Bonchev–Trinajstić information content (AvgIpc) is 3.26. The highest BCUT2D eigenvalue weighted by Crippen LogP contribution is 2.30. The number of hydrogen-bond donors (Lipinski definition) is 0. The zero-order valence-corrected chi connectivity index (χ0v) is 17.7. The van der Waals surface area contributed by atoms with Gasteiger partial charge in [-0.25, -0.2) is 8.42 Å². The fourth-order valence-electron chi connectivity index (χ4n) is 3.84. The molecule has 0 radical (unpaired) electrons. The second-order valence-corrected chi connectivity index (χ2v) is 10.2. The van der Waals surface area contributed by atoms with Crippen molar-refractivity contribution in [1.82, 2.24) is 19.1 Å². The van der Waals surface area contributed by atoms with Gasteiger partial charge < -0.3 is 9.80 Å². The molecule has 0 bridgehead atoms. The van der Waals surface area contributed by atoms with E-state index in [9.17, 15) is 18.0 Å². The number of carbonyl (C=O) groups is 2. The molecule has 1 unspecified atom stereocenters. The van der Waals surface area contributed by atoms with Crippen molar-refractivity contribution in [3.8, 4) is 0 Å². The summed E-state index contributed by atoms with van der Waals surface area (Å²) in [4.78, 5) is 34.7. The number of pyridine rings is 1. The van der Waals surface area contributed by atoms with Crippen molar-refractivity contribution in [2.45, 2.75) is 12.5 Å². The second-order valence-electron chi connectivity index (χ2n) is 7.25. The van der Waals surface area contributed by atoms with Gasteiger partial charge in [0.2, 0.25) is 15.9 Å². The summed E-state index contributed by atoms with van der Waals surface area (Å²) in [6.07, 6.45) is 2.84. The first kappa shape index (κ1) is 20.0. The summed E-state index contributed by atoms with van der Waals surface area (Å²) in [5.41, 5.74) is 1.58. The Morgan fingerprint density at radius 1 is 1.10 bits per heavy atom. The van der Waals surface area contributed by atoms with Gasteiger partial charge in [-0.15, -0.1) is 11.3 Å². The van der Waals surface area contributed by atoms with Crippen LogP contribution in [0.4, 0.5) is 0 Å². The molecule has 8 nitrogen and oxygen atoms in total. The van der Waals surface area contributed by atoms with Crippen LogP contribution in [0.15, 0.2) is 35.8 Å². The molecule has 0 N–H and O–H groups in total. The van der Waals surface area contributed by atoms with Crippen LogP contribution in [0.25, 0.3) is 0 Å². The maximum absolute atomic E-state index is 13.3. The zero-order valence-electron chi connectivity index (χ0n) is 16.0. The molecule has 4 heterocycles. The summed E-state index contributed by atoms with van der Waals surface area (Å²) < 4.78 is 24.8. The van der Waals surface area contributed by atoms with Crippen LogP contribution in [0.2, 0.25) is 0 Å². The highest BCUT2D eigenvalue weighted by Gasteiger charge is 2.37. The zero-order chi connectivity index (χ0) is 20.6. The number of rotatable bonds is 3. The minimum Gasteiger partial charge on any atom is -0.339 e. The minimum absolute atomic E-state index is 0.0887. The van der Waals surface area contributed by atoms with Crippen molar-refractivity contribution in [2.75, 3.05) is 39.0 Å². The van der Waals surface area contributed by atoms with Crippen LogP contribution in [0.5, 0.6) is 0 Å². The molecule has 2 aromatic rings. The van der Waals surface area contributed by atoms with E-state index in [2.05, 4.69) is 4.98 Å². The molecule has 154 valence electrons. The minimum atomic E-state index is -3.26. The number of hydrogen-bond acceptors (Lipinski definition) is 6. The first-order valence-electron chi connectivity index (χ1n) is 9.35. The number of fused-ring (bicyclic) bond motifs is 1. The first-order chi connectivity index (χ1) is 13.8. The average molecular weight is 435 g/mol. The van der Waals surface area contributed by atoms with E-state index in [1.54, 1.807) is 22.1 Å². The topological polar surface area (TPSA) is 90.9 Å². The molecular weight excluding hydrogens is 412 g/mol. The Labute approximate surface area is 173 Å². The van der Waals surface area contributed by atoms with E-state index in [1.807, 2.05) is 23.6 Å². The van der Waals surface area contributed by atoms with E-state index >= 15 is 0 Å². The van der Waals surface area contributed by atoms with Crippen LogP contribution >= 0.6 is 11.3 Å². The number of thiophene rings is 1. The molecule has 0 aliphatic carbocycles. The summed E-state index contributed by atoms with van der Waals surface area (Å²) in [5.74, 6) is -0.746. The Balaban J connectivity index is 1.55. The van der Waals surface area contributed by atoms with Gasteiger partial charge in [0, 0.05) is 45.5 Å². The Hall–Kier alpha value is -2.30. The number of aromatic nitrogens is 1. The molecule has 2 aromatic heterocycles. The van der Waals surface area contributed by atoms with E-state index in [0.717, 1.165) is 5.56 Å². The summed E-state index contributed by atoms with van der Waals surface area (Å²) in [6, 6.07) is 7.33. The van der Waals surface area contributed by atoms with Gasteiger partial charge in [-0.3, -0.25) is 14.6 Å². The largest absolute Gasteiger partial charge is 0.339 e. The van der Waals surface area contributed by atoms with Gasteiger partial charge in [-0.05, 0) is 23.1 Å². The van der Waals surface area contributed by atoms with E-state index in [4.69, 9.17) is 0 Å². The Morgan fingerprint density at radius 2 is 1.86 bits per heavy atom. The highest BCUT2D eigenvalue weighted by atomic mass is 32.2. The SMILES string of the molecule is CS(=O)(=O)N1CCN(C(=O)C2CN(C(=O)c3cccs3)Cc3cccnc32)CC1. The van der Waals surface area contributed by atoms with Crippen molar-refractivity contribution in [3.63, 3.8) is 0 Å². The summed E-state index contributed by atoms with van der Waals surface area (Å²) in [6.45, 7) is 1.93. The lowest BCUT2D eigenvalue weighted by Crippen LogP contribution is -2.53. The van der Waals surface area contributed by atoms with Crippen LogP contribution in [0.1, 0.15) is 26.8 Å². The monoisotopic (exact) mass is 434 g/mol. The maximum Gasteiger partial charge on any atom is 0.264 e. The molecule has 0 spiro atoms. The third-order valence-corrected chi connectivity index (χ3v) is 7.52. The number of carbonyl (C=O) groups excluding carboxylic acids is 2.